The summed E-state index contributed by atoms with van der Waals surface area (Å²) in [5.41, 5.74) is 0. The molecule has 6 heteroatoms. The monoisotopic (exact) mass is 314 g/mol. The summed E-state index contributed by atoms with van der Waals surface area (Å²) in [7, 11) is 0. The van der Waals surface area contributed by atoms with Gasteiger partial charge in [0.05, 0.1) is 0 Å². The molecule has 0 aliphatic rings. The molecule has 0 atom stereocenters. The molecule has 0 N–H and O–H groups in total. The molecule has 80 valence electrons. The Morgan fingerprint density at radius 3 is 2.88 bits per heavy atom. The van der Waals surface area contributed by atoms with E-state index >= 15 is 0 Å². The fourth-order valence-electron chi connectivity index (χ4n) is 1.36. The number of nitrogens with zero attached hydrogens (tertiary/aromatic N) is 2. The Bertz CT molecular complexity index is 664. The van der Waals surface area contributed by atoms with Crippen LogP contribution in [0.15, 0.2) is 32.7 Å². The van der Waals surface area contributed by atoms with E-state index in [0.717, 1.165) is 10.2 Å². The highest BCUT2D eigenvalue weighted by Crippen LogP contribution is 2.29. The summed E-state index contributed by atoms with van der Waals surface area (Å²) >= 11 is 10.8. The summed E-state index contributed by atoms with van der Waals surface area (Å²) in [5, 5.41) is 3.27. The van der Waals surface area contributed by atoms with Crippen LogP contribution in [0.25, 0.3) is 21.8 Å². The molecule has 0 spiro atoms. The molecule has 3 aromatic rings. The van der Waals surface area contributed by atoms with E-state index in [0.29, 0.717) is 21.4 Å². The van der Waals surface area contributed by atoms with Gasteiger partial charge in [0, 0.05) is 5.39 Å². The van der Waals surface area contributed by atoms with E-state index in [9.17, 15) is 0 Å². The van der Waals surface area contributed by atoms with Crippen LogP contribution in [0.5, 0.6) is 0 Å². The fourth-order valence-corrected chi connectivity index (χ4v) is 2.72. The third-order valence-electron chi connectivity index (χ3n) is 2.07. The van der Waals surface area contributed by atoms with Gasteiger partial charge < -0.3 is 4.42 Å². The maximum absolute atomic E-state index is 6.06. The SMILES string of the molecule is Clc1nc(-c2ccc(Br)o2)nc2sccc12. The second-order valence-electron chi connectivity index (χ2n) is 3.08. The fraction of sp³-hybridized carbons (Fsp3) is 0. The van der Waals surface area contributed by atoms with Gasteiger partial charge in [-0.3, -0.25) is 0 Å². The van der Waals surface area contributed by atoms with Crippen molar-refractivity contribution >= 4 is 49.1 Å². The first-order valence-electron chi connectivity index (χ1n) is 4.40. The van der Waals surface area contributed by atoms with Crippen molar-refractivity contribution in [3.05, 3.63) is 33.4 Å². The molecule has 0 saturated carbocycles. The largest absolute Gasteiger partial charge is 0.446 e. The molecule has 3 nitrogen and oxygen atoms in total. The molecular weight excluding hydrogens is 312 g/mol. The van der Waals surface area contributed by atoms with Gasteiger partial charge in [0.2, 0.25) is 0 Å². The third-order valence-corrected chi connectivity index (χ3v) is 3.59. The standard InChI is InChI=1S/C10H4BrClN2OS/c11-7-2-1-6(15-7)9-13-8(12)5-3-4-16-10(5)14-9/h1-4H. The summed E-state index contributed by atoms with van der Waals surface area (Å²) in [5.74, 6) is 1.11. The maximum atomic E-state index is 6.06. The van der Waals surface area contributed by atoms with Gasteiger partial charge in [0.25, 0.3) is 0 Å². The first kappa shape index (κ1) is 10.3. The van der Waals surface area contributed by atoms with Crippen molar-refractivity contribution < 1.29 is 4.42 Å². The minimum absolute atomic E-state index is 0.453. The average Bonchev–Trinajstić information content (AvgIpc) is 2.85. The van der Waals surface area contributed by atoms with Crippen LogP contribution < -0.4 is 0 Å². The average molecular weight is 316 g/mol. The molecule has 0 saturated heterocycles. The first-order chi connectivity index (χ1) is 7.74. The topological polar surface area (TPSA) is 38.9 Å². The van der Waals surface area contributed by atoms with E-state index in [1.54, 1.807) is 12.1 Å². The molecule has 0 amide bonds. The number of halogens is 2. The Labute approximate surface area is 108 Å². The molecule has 16 heavy (non-hydrogen) atoms. The number of aromatic nitrogens is 2. The Kier molecular flexibility index (Phi) is 2.46. The number of furan rings is 1. The number of thiophene rings is 1. The van der Waals surface area contributed by atoms with Crippen LogP contribution in [-0.4, -0.2) is 9.97 Å². The van der Waals surface area contributed by atoms with Crippen LogP contribution in [0.1, 0.15) is 0 Å². The highest BCUT2D eigenvalue weighted by atomic mass is 79.9. The Balaban J connectivity index is 2.24. The lowest BCUT2D eigenvalue weighted by molar-refractivity contribution is 0.551. The minimum atomic E-state index is 0.453. The van der Waals surface area contributed by atoms with Crippen LogP contribution in [0.4, 0.5) is 0 Å². The van der Waals surface area contributed by atoms with Crippen molar-refractivity contribution in [1.29, 1.82) is 0 Å². The lowest BCUT2D eigenvalue weighted by Crippen LogP contribution is -1.87. The van der Waals surface area contributed by atoms with E-state index in [1.807, 2.05) is 11.4 Å². The van der Waals surface area contributed by atoms with Crippen molar-refractivity contribution in [2.24, 2.45) is 0 Å². The molecule has 0 aliphatic heterocycles. The lowest BCUT2D eigenvalue weighted by Gasteiger charge is -1.97. The zero-order chi connectivity index (χ0) is 11.1. The van der Waals surface area contributed by atoms with Gasteiger partial charge >= 0.3 is 0 Å². The van der Waals surface area contributed by atoms with Crippen LogP contribution in [0.3, 0.4) is 0 Å². The second-order valence-corrected chi connectivity index (χ2v) is 5.12. The van der Waals surface area contributed by atoms with E-state index in [-0.39, 0.29) is 0 Å². The number of fused-ring (bicyclic) bond motifs is 1. The van der Waals surface area contributed by atoms with E-state index < -0.39 is 0 Å². The molecular formula is C10H4BrClN2OS. The molecule has 3 aromatic heterocycles. The van der Waals surface area contributed by atoms with E-state index in [4.69, 9.17) is 16.0 Å². The summed E-state index contributed by atoms with van der Waals surface area (Å²) in [6, 6.07) is 5.50. The predicted molar refractivity (Wildman–Crippen MR) is 67.8 cm³/mol. The van der Waals surface area contributed by atoms with Crippen molar-refractivity contribution in [3.8, 4) is 11.6 Å². The summed E-state index contributed by atoms with van der Waals surface area (Å²) in [6.07, 6.45) is 0. The van der Waals surface area contributed by atoms with Gasteiger partial charge in [-0.15, -0.1) is 11.3 Å². The summed E-state index contributed by atoms with van der Waals surface area (Å²) < 4.78 is 6.03. The Hall–Kier alpha value is -0.910. The zero-order valence-electron chi connectivity index (χ0n) is 7.78. The van der Waals surface area contributed by atoms with Crippen LogP contribution in [-0.2, 0) is 0 Å². The zero-order valence-corrected chi connectivity index (χ0v) is 10.9. The molecule has 0 radical (unpaired) electrons. The quantitative estimate of drug-likeness (QED) is 0.626. The molecule has 3 heterocycles. The predicted octanol–water partition coefficient (Wildman–Crippen LogP) is 4.37. The van der Waals surface area contributed by atoms with Crippen molar-refractivity contribution in [2.75, 3.05) is 0 Å². The van der Waals surface area contributed by atoms with Crippen molar-refractivity contribution in [2.45, 2.75) is 0 Å². The normalized spacial score (nSPS) is 11.1. The highest BCUT2D eigenvalue weighted by Gasteiger charge is 2.11. The first-order valence-corrected chi connectivity index (χ1v) is 6.45. The molecule has 0 fully saturated rings. The van der Waals surface area contributed by atoms with Crippen molar-refractivity contribution in [3.63, 3.8) is 0 Å². The molecule has 0 bridgehead atoms. The van der Waals surface area contributed by atoms with E-state index in [1.165, 1.54) is 11.3 Å². The van der Waals surface area contributed by atoms with Gasteiger partial charge in [0.15, 0.2) is 16.3 Å². The van der Waals surface area contributed by atoms with E-state index in [2.05, 4.69) is 25.9 Å². The third kappa shape index (κ3) is 1.65. The number of hydrogen-bond acceptors (Lipinski definition) is 4. The van der Waals surface area contributed by atoms with Gasteiger partial charge in [-0.2, -0.15) is 0 Å². The maximum Gasteiger partial charge on any atom is 0.198 e. The number of rotatable bonds is 1. The second kappa shape index (κ2) is 3.84. The van der Waals surface area contributed by atoms with Gasteiger partial charge in [-0.1, -0.05) is 11.6 Å². The smallest absolute Gasteiger partial charge is 0.198 e. The minimum Gasteiger partial charge on any atom is -0.446 e. The Morgan fingerprint density at radius 2 is 2.12 bits per heavy atom. The van der Waals surface area contributed by atoms with Crippen LogP contribution >= 0.6 is 38.9 Å². The summed E-state index contributed by atoms with van der Waals surface area (Å²) in [4.78, 5) is 9.45. The van der Waals surface area contributed by atoms with Crippen LogP contribution in [0, 0.1) is 0 Å². The van der Waals surface area contributed by atoms with Gasteiger partial charge in [0.1, 0.15) is 9.98 Å². The Morgan fingerprint density at radius 1 is 1.25 bits per heavy atom. The number of hydrogen-bond donors (Lipinski definition) is 0. The van der Waals surface area contributed by atoms with Gasteiger partial charge in [-0.25, -0.2) is 9.97 Å². The lowest BCUT2D eigenvalue weighted by atomic mass is 10.4. The van der Waals surface area contributed by atoms with Crippen LogP contribution in [0.2, 0.25) is 5.15 Å². The summed E-state index contributed by atoms with van der Waals surface area (Å²) in [6.45, 7) is 0. The highest BCUT2D eigenvalue weighted by molar-refractivity contribution is 9.10. The van der Waals surface area contributed by atoms with Gasteiger partial charge in [-0.05, 0) is 39.5 Å². The molecule has 0 aromatic carbocycles. The van der Waals surface area contributed by atoms with Crippen molar-refractivity contribution in [1.82, 2.24) is 9.97 Å². The molecule has 0 aliphatic carbocycles. The molecule has 0 unspecified atom stereocenters. The molecule has 3 rings (SSSR count).